The van der Waals surface area contributed by atoms with Gasteiger partial charge in [0.15, 0.2) is 5.78 Å². The number of carbonyl (C=O) groups is 3. The Kier molecular flexibility index (Phi) is 8.10. The quantitative estimate of drug-likeness (QED) is 0.407. The summed E-state index contributed by atoms with van der Waals surface area (Å²) in [5.74, 6) is -1.32. The molecule has 1 aliphatic heterocycles. The maximum Gasteiger partial charge on any atom is 0.408 e. The van der Waals surface area contributed by atoms with Crippen LogP contribution < -0.4 is 10.0 Å². The number of nitrogens with one attached hydrogen (secondary N) is 2. The molecule has 2 fully saturated rings. The molecule has 2 amide bonds. The highest BCUT2D eigenvalue weighted by Crippen LogP contribution is 2.43. The van der Waals surface area contributed by atoms with Crippen LogP contribution in [0.2, 0.25) is 0 Å². The molecule has 4 rings (SSSR count). The Morgan fingerprint density at radius 2 is 1.87 bits per heavy atom. The second-order valence-corrected chi connectivity index (χ2v) is 12.9. The highest BCUT2D eigenvalue weighted by atomic mass is 32.2. The fourth-order valence-corrected chi connectivity index (χ4v) is 5.59. The van der Waals surface area contributed by atoms with Crippen molar-refractivity contribution in [1.82, 2.24) is 14.6 Å². The Labute approximate surface area is 224 Å². The predicted molar refractivity (Wildman–Crippen MR) is 141 cm³/mol. The van der Waals surface area contributed by atoms with Crippen molar-refractivity contribution < 1.29 is 28.4 Å². The Bertz CT molecular complexity index is 1200. The summed E-state index contributed by atoms with van der Waals surface area (Å²) < 4.78 is 31.2. The fourth-order valence-electron chi connectivity index (χ4n) is 4.63. The second-order valence-electron chi connectivity index (χ2n) is 11.0. The van der Waals surface area contributed by atoms with Crippen molar-refractivity contribution in [2.24, 2.45) is 5.92 Å². The van der Waals surface area contributed by atoms with Crippen molar-refractivity contribution in [1.29, 1.82) is 0 Å². The van der Waals surface area contributed by atoms with Gasteiger partial charge in [-0.25, -0.2) is 9.18 Å². The summed E-state index contributed by atoms with van der Waals surface area (Å²) in [4.78, 5) is 41.2. The van der Waals surface area contributed by atoms with E-state index in [1.807, 2.05) is 32.9 Å². The summed E-state index contributed by atoms with van der Waals surface area (Å²) in [6, 6.07) is 6.75. The first-order valence-electron chi connectivity index (χ1n) is 12.6. The number of aromatic nitrogens is 1. The Hall–Kier alpha value is -3.02. The minimum Gasteiger partial charge on any atom is -0.598 e. The molecule has 2 aliphatic rings. The molecule has 1 aromatic heterocycles. The third-order valence-corrected chi connectivity index (χ3v) is 8.68. The van der Waals surface area contributed by atoms with E-state index in [1.54, 1.807) is 18.5 Å². The molecule has 2 heterocycles. The largest absolute Gasteiger partial charge is 0.598 e. The van der Waals surface area contributed by atoms with Gasteiger partial charge in [0.25, 0.3) is 0 Å². The number of ketones is 1. The molecule has 3 atom stereocenters. The number of carboxylic acid groups (broad SMARTS) is 1. The number of anilines is 1. The molecule has 38 heavy (non-hydrogen) atoms. The molecular formula is C27H33FN4O5S. The lowest BCUT2D eigenvalue weighted by Gasteiger charge is -2.39. The predicted octanol–water partition coefficient (Wildman–Crippen LogP) is 3.97. The molecule has 1 aromatic carbocycles. The summed E-state index contributed by atoms with van der Waals surface area (Å²) in [7, 11) is 0. The molecule has 11 heteroatoms. The lowest BCUT2D eigenvalue weighted by atomic mass is 9.79. The van der Waals surface area contributed by atoms with E-state index in [0.29, 0.717) is 17.9 Å². The van der Waals surface area contributed by atoms with Crippen LogP contribution in [0.4, 0.5) is 14.9 Å². The van der Waals surface area contributed by atoms with Crippen molar-refractivity contribution in [2.75, 3.05) is 11.9 Å². The van der Waals surface area contributed by atoms with Crippen LogP contribution in [0.1, 0.15) is 64.0 Å². The molecule has 2 aromatic rings. The number of halogens is 1. The Balaban J connectivity index is 1.74. The van der Waals surface area contributed by atoms with Crippen LogP contribution in [0, 0.1) is 11.7 Å². The zero-order chi connectivity index (χ0) is 27.7. The summed E-state index contributed by atoms with van der Waals surface area (Å²) in [5.41, 5.74) is 0.266. The summed E-state index contributed by atoms with van der Waals surface area (Å²) >= 11 is -1.50. The average Bonchev–Trinajstić information content (AvgIpc) is 3.61. The molecule has 204 valence electrons. The molecular weight excluding hydrogens is 511 g/mol. The number of hydrogen-bond donors (Lipinski definition) is 3. The number of pyridine rings is 1. The SMILES string of the molecule is CC(C)(C)[S@@+]([O-])NC(CCC1CC1)(c1ccncc1)c1ccc(F)c(NC(=O)[C@H]2CC(=O)CN2C(=O)O)c1. The minimum atomic E-state index is -1.50. The Morgan fingerprint density at radius 3 is 2.47 bits per heavy atom. The summed E-state index contributed by atoms with van der Waals surface area (Å²) in [6.07, 6.45) is 5.31. The standard InChI is InChI=1S/C27H33FN4O5S/c1-26(2,3)38(37)31-27(11-8-17-4-5-17,18-9-12-29-13-10-18)19-6-7-21(28)22(14-19)30-24(34)23-15-20(33)16-32(23)25(35)36/h6-7,9-10,12-14,17,23,31H,4-5,8,11,15-16H2,1-3H3,(H,30,34)(H,35,36)/t23-,27?,38-/m1/s1. The van der Waals surface area contributed by atoms with Crippen molar-refractivity contribution in [3.63, 3.8) is 0 Å². The smallest absolute Gasteiger partial charge is 0.408 e. The van der Waals surface area contributed by atoms with E-state index in [-0.39, 0.29) is 24.4 Å². The first kappa shape index (κ1) is 28.0. The zero-order valence-electron chi connectivity index (χ0n) is 21.7. The van der Waals surface area contributed by atoms with Gasteiger partial charge in [0.2, 0.25) is 5.91 Å². The van der Waals surface area contributed by atoms with Crippen LogP contribution in [0.5, 0.6) is 0 Å². The molecule has 1 unspecified atom stereocenters. The van der Waals surface area contributed by atoms with Crippen molar-refractivity contribution in [3.05, 3.63) is 59.7 Å². The lowest BCUT2D eigenvalue weighted by molar-refractivity contribution is -0.121. The maximum atomic E-state index is 15.0. The van der Waals surface area contributed by atoms with E-state index in [2.05, 4.69) is 15.0 Å². The summed E-state index contributed by atoms with van der Waals surface area (Å²) in [6.45, 7) is 5.20. The van der Waals surface area contributed by atoms with Crippen molar-refractivity contribution in [3.8, 4) is 0 Å². The number of amides is 2. The monoisotopic (exact) mass is 544 g/mol. The van der Waals surface area contributed by atoms with E-state index in [1.165, 1.54) is 12.1 Å². The maximum absolute atomic E-state index is 15.0. The van der Waals surface area contributed by atoms with E-state index < -0.39 is 45.5 Å². The van der Waals surface area contributed by atoms with Gasteiger partial charge in [0.1, 0.15) is 22.1 Å². The molecule has 1 saturated carbocycles. The number of likely N-dealkylation sites (tertiary alicyclic amines) is 1. The average molecular weight is 545 g/mol. The number of Topliss-reactive ketones (excluding diaryl/α,β-unsaturated/α-hetero) is 1. The molecule has 0 bridgehead atoms. The minimum absolute atomic E-state index is 0.148. The highest BCUT2D eigenvalue weighted by Gasteiger charge is 2.44. The molecule has 1 saturated heterocycles. The van der Waals surface area contributed by atoms with E-state index in [4.69, 9.17) is 0 Å². The summed E-state index contributed by atoms with van der Waals surface area (Å²) in [5, 5.41) is 11.9. The van der Waals surface area contributed by atoms with Crippen LogP contribution in [0.25, 0.3) is 0 Å². The molecule has 0 radical (unpaired) electrons. The van der Waals surface area contributed by atoms with Crippen LogP contribution in [-0.4, -0.2) is 54.7 Å². The van der Waals surface area contributed by atoms with Gasteiger partial charge in [0.05, 0.1) is 12.2 Å². The van der Waals surface area contributed by atoms with Gasteiger partial charge in [0, 0.05) is 30.2 Å². The number of nitrogens with zero attached hydrogens (tertiary/aromatic N) is 2. The van der Waals surface area contributed by atoms with Crippen molar-refractivity contribution >= 4 is 34.8 Å². The highest BCUT2D eigenvalue weighted by molar-refractivity contribution is 7.90. The Morgan fingerprint density at radius 1 is 1.18 bits per heavy atom. The first-order chi connectivity index (χ1) is 17.9. The van der Waals surface area contributed by atoms with E-state index >= 15 is 4.39 Å². The van der Waals surface area contributed by atoms with Gasteiger partial charge in [-0.15, -0.1) is 4.72 Å². The number of rotatable bonds is 9. The number of carbonyl (C=O) groups excluding carboxylic acids is 2. The van der Waals surface area contributed by atoms with Gasteiger partial charge in [-0.2, -0.15) is 0 Å². The third-order valence-electron chi connectivity index (χ3n) is 7.03. The molecule has 0 spiro atoms. The first-order valence-corrected chi connectivity index (χ1v) is 13.8. The second kappa shape index (κ2) is 11.0. The lowest BCUT2D eigenvalue weighted by Crippen LogP contribution is -2.52. The van der Waals surface area contributed by atoms with E-state index in [9.17, 15) is 24.0 Å². The molecule has 9 nitrogen and oxygen atoms in total. The van der Waals surface area contributed by atoms with Gasteiger partial charge in [-0.1, -0.05) is 18.9 Å². The zero-order valence-corrected chi connectivity index (χ0v) is 22.5. The fraction of sp³-hybridized carbons (Fsp3) is 0.481. The van der Waals surface area contributed by atoms with Crippen LogP contribution in [0.3, 0.4) is 0 Å². The van der Waals surface area contributed by atoms with Crippen molar-refractivity contribution in [2.45, 2.75) is 69.2 Å². The van der Waals surface area contributed by atoms with Gasteiger partial charge >= 0.3 is 6.09 Å². The normalized spacial score (nSPS) is 20.2. The van der Waals surface area contributed by atoms with Gasteiger partial charge in [-0.05, 0) is 74.9 Å². The topological polar surface area (TPSA) is 135 Å². The molecule has 3 N–H and O–H groups in total. The molecule has 1 aliphatic carbocycles. The van der Waals surface area contributed by atoms with Gasteiger partial charge < -0.3 is 15.0 Å². The number of benzene rings is 1. The number of hydrogen-bond acceptors (Lipinski definition) is 6. The van der Waals surface area contributed by atoms with Crippen LogP contribution >= 0.6 is 0 Å². The van der Waals surface area contributed by atoms with Gasteiger partial charge in [-0.3, -0.25) is 19.5 Å². The van der Waals surface area contributed by atoms with E-state index in [0.717, 1.165) is 29.7 Å². The third kappa shape index (κ3) is 6.16. The van der Waals surface area contributed by atoms with Crippen LogP contribution in [0.15, 0.2) is 42.7 Å². The van der Waals surface area contributed by atoms with Crippen LogP contribution in [-0.2, 0) is 26.5 Å².